The molecule has 0 aromatic carbocycles. The Morgan fingerprint density at radius 1 is 1.29 bits per heavy atom. The summed E-state index contributed by atoms with van der Waals surface area (Å²) in [6.07, 6.45) is 2.56. The van der Waals surface area contributed by atoms with Crippen molar-refractivity contribution in [1.82, 2.24) is 10.2 Å². The number of ether oxygens (including phenoxy) is 1. The number of nitrogens with one attached hydrogen (secondary N) is 1. The molecule has 0 spiro atoms. The second-order valence-electron chi connectivity index (χ2n) is 6.16. The van der Waals surface area contributed by atoms with Crippen molar-refractivity contribution in [3.8, 4) is 0 Å². The van der Waals surface area contributed by atoms with Crippen LogP contribution >= 0.6 is 0 Å². The van der Waals surface area contributed by atoms with Crippen LogP contribution in [-0.2, 0) is 4.74 Å². The summed E-state index contributed by atoms with van der Waals surface area (Å²) in [6, 6.07) is 0. The number of hydrogen-bond acceptors (Lipinski definition) is 3. The Labute approximate surface area is 107 Å². The molecule has 0 radical (unpaired) electrons. The zero-order valence-corrected chi connectivity index (χ0v) is 12.1. The highest BCUT2D eigenvalue weighted by Crippen LogP contribution is 2.19. The van der Waals surface area contributed by atoms with Gasteiger partial charge in [0.2, 0.25) is 0 Å². The summed E-state index contributed by atoms with van der Waals surface area (Å²) in [5.41, 5.74) is 0.226. The highest BCUT2D eigenvalue weighted by molar-refractivity contribution is 4.84. The molecule has 0 atom stereocenters. The van der Waals surface area contributed by atoms with Gasteiger partial charge < -0.3 is 10.1 Å². The Hall–Kier alpha value is -0.120. The lowest BCUT2D eigenvalue weighted by atomic mass is 10.0. The highest BCUT2D eigenvalue weighted by Gasteiger charge is 2.29. The van der Waals surface area contributed by atoms with E-state index in [1.807, 2.05) is 0 Å². The molecule has 1 aliphatic heterocycles. The molecule has 1 saturated heterocycles. The van der Waals surface area contributed by atoms with Gasteiger partial charge in [0.25, 0.3) is 0 Å². The Morgan fingerprint density at radius 2 is 2.06 bits per heavy atom. The predicted molar refractivity (Wildman–Crippen MR) is 73.4 cm³/mol. The molecule has 1 heterocycles. The van der Waals surface area contributed by atoms with Crippen LogP contribution in [0.5, 0.6) is 0 Å². The van der Waals surface area contributed by atoms with Crippen LogP contribution in [0.15, 0.2) is 0 Å². The summed E-state index contributed by atoms with van der Waals surface area (Å²) in [5.74, 6) is 0.758. The minimum atomic E-state index is 0.226. The van der Waals surface area contributed by atoms with Crippen LogP contribution in [-0.4, -0.2) is 49.8 Å². The van der Waals surface area contributed by atoms with E-state index in [0.29, 0.717) is 0 Å². The molecule has 102 valence electrons. The van der Waals surface area contributed by atoms with Crippen LogP contribution in [0.2, 0.25) is 0 Å². The van der Waals surface area contributed by atoms with Gasteiger partial charge in [0.15, 0.2) is 0 Å². The average molecular weight is 242 g/mol. The average Bonchev–Trinajstić information content (AvgIpc) is 2.24. The first-order chi connectivity index (χ1) is 8.02. The van der Waals surface area contributed by atoms with E-state index in [9.17, 15) is 0 Å². The molecule has 0 aromatic heterocycles. The molecule has 0 bridgehead atoms. The van der Waals surface area contributed by atoms with Crippen molar-refractivity contribution in [3.05, 3.63) is 0 Å². The SMILES string of the molecule is CC(C)CNCCCCN1CCOCC1(C)C. The maximum atomic E-state index is 5.53. The first-order valence-electron chi connectivity index (χ1n) is 7.06. The van der Waals surface area contributed by atoms with Gasteiger partial charge in [-0.2, -0.15) is 0 Å². The van der Waals surface area contributed by atoms with Crippen molar-refractivity contribution < 1.29 is 4.74 Å². The van der Waals surface area contributed by atoms with Crippen LogP contribution < -0.4 is 5.32 Å². The number of hydrogen-bond donors (Lipinski definition) is 1. The van der Waals surface area contributed by atoms with Crippen molar-refractivity contribution in [2.45, 2.75) is 46.1 Å². The topological polar surface area (TPSA) is 24.5 Å². The Kier molecular flexibility index (Phi) is 6.45. The van der Waals surface area contributed by atoms with E-state index in [2.05, 4.69) is 37.9 Å². The highest BCUT2D eigenvalue weighted by atomic mass is 16.5. The lowest BCUT2D eigenvalue weighted by Crippen LogP contribution is -2.53. The molecule has 3 nitrogen and oxygen atoms in total. The molecule has 0 amide bonds. The van der Waals surface area contributed by atoms with Crippen LogP contribution in [0.4, 0.5) is 0 Å². The largest absolute Gasteiger partial charge is 0.378 e. The van der Waals surface area contributed by atoms with Gasteiger partial charge in [-0.05, 0) is 52.2 Å². The summed E-state index contributed by atoms with van der Waals surface area (Å²) in [7, 11) is 0. The maximum absolute atomic E-state index is 5.53. The summed E-state index contributed by atoms with van der Waals surface area (Å²) in [6.45, 7) is 15.4. The summed E-state index contributed by atoms with van der Waals surface area (Å²) < 4.78 is 5.53. The predicted octanol–water partition coefficient (Wildman–Crippen LogP) is 2.12. The first-order valence-corrected chi connectivity index (χ1v) is 7.06. The number of morpholine rings is 1. The van der Waals surface area contributed by atoms with Crippen molar-refractivity contribution in [2.24, 2.45) is 5.92 Å². The molecule has 17 heavy (non-hydrogen) atoms. The number of rotatable bonds is 7. The zero-order valence-electron chi connectivity index (χ0n) is 12.1. The monoisotopic (exact) mass is 242 g/mol. The van der Waals surface area contributed by atoms with Crippen molar-refractivity contribution >= 4 is 0 Å². The fourth-order valence-electron chi connectivity index (χ4n) is 2.25. The van der Waals surface area contributed by atoms with Crippen LogP contribution in [0, 0.1) is 5.92 Å². The second-order valence-corrected chi connectivity index (χ2v) is 6.16. The molecule has 0 aliphatic carbocycles. The van der Waals surface area contributed by atoms with E-state index >= 15 is 0 Å². The summed E-state index contributed by atoms with van der Waals surface area (Å²) in [4.78, 5) is 2.57. The van der Waals surface area contributed by atoms with Gasteiger partial charge in [-0.25, -0.2) is 0 Å². The molecule has 0 unspecified atom stereocenters. The van der Waals surface area contributed by atoms with E-state index in [1.54, 1.807) is 0 Å². The van der Waals surface area contributed by atoms with Gasteiger partial charge in [-0.1, -0.05) is 13.8 Å². The molecule has 3 heteroatoms. The second kappa shape index (κ2) is 7.34. The van der Waals surface area contributed by atoms with E-state index in [0.717, 1.165) is 38.8 Å². The molecule has 1 aliphatic rings. The van der Waals surface area contributed by atoms with E-state index in [-0.39, 0.29) is 5.54 Å². The molecule has 0 saturated carbocycles. The lowest BCUT2D eigenvalue weighted by Gasteiger charge is -2.42. The van der Waals surface area contributed by atoms with Crippen molar-refractivity contribution in [3.63, 3.8) is 0 Å². The standard InChI is InChI=1S/C14H30N2O/c1-13(2)11-15-7-5-6-8-16-9-10-17-12-14(16,3)4/h13,15H,5-12H2,1-4H3. The van der Waals surface area contributed by atoms with Gasteiger partial charge in [0, 0.05) is 12.1 Å². The Bertz CT molecular complexity index is 204. The minimum absolute atomic E-state index is 0.226. The molecular formula is C14H30N2O. The minimum Gasteiger partial charge on any atom is -0.378 e. The molecule has 0 aromatic rings. The van der Waals surface area contributed by atoms with Gasteiger partial charge >= 0.3 is 0 Å². The number of unbranched alkanes of at least 4 members (excludes halogenated alkanes) is 1. The maximum Gasteiger partial charge on any atom is 0.0645 e. The zero-order chi connectivity index (χ0) is 12.7. The van der Waals surface area contributed by atoms with Gasteiger partial charge in [-0.3, -0.25) is 4.90 Å². The molecule has 1 N–H and O–H groups in total. The van der Waals surface area contributed by atoms with Gasteiger partial charge in [-0.15, -0.1) is 0 Å². The van der Waals surface area contributed by atoms with Crippen LogP contribution in [0.25, 0.3) is 0 Å². The fraction of sp³-hybridized carbons (Fsp3) is 1.00. The normalized spacial score (nSPS) is 21.0. The first kappa shape index (κ1) is 14.9. The summed E-state index contributed by atoms with van der Waals surface area (Å²) >= 11 is 0. The Balaban J connectivity index is 2.05. The van der Waals surface area contributed by atoms with E-state index in [4.69, 9.17) is 4.74 Å². The smallest absolute Gasteiger partial charge is 0.0645 e. The third kappa shape index (κ3) is 5.84. The van der Waals surface area contributed by atoms with Crippen LogP contribution in [0.3, 0.4) is 0 Å². The van der Waals surface area contributed by atoms with Crippen LogP contribution in [0.1, 0.15) is 40.5 Å². The third-order valence-electron chi connectivity index (χ3n) is 3.40. The third-order valence-corrected chi connectivity index (χ3v) is 3.40. The Morgan fingerprint density at radius 3 is 2.71 bits per heavy atom. The fourth-order valence-corrected chi connectivity index (χ4v) is 2.25. The van der Waals surface area contributed by atoms with E-state index < -0.39 is 0 Å². The summed E-state index contributed by atoms with van der Waals surface area (Å²) in [5, 5.41) is 3.50. The quantitative estimate of drug-likeness (QED) is 0.692. The van der Waals surface area contributed by atoms with Crippen molar-refractivity contribution in [1.29, 1.82) is 0 Å². The van der Waals surface area contributed by atoms with Crippen molar-refractivity contribution in [2.75, 3.05) is 39.4 Å². The lowest BCUT2D eigenvalue weighted by molar-refractivity contribution is -0.0512. The number of nitrogens with zero attached hydrogens (tertiary/aromatic N) is 1. The van der Waals surface area contributed by atoms with Gasteiger partial charge in [0.05, 0.1) is 13.2 Å². The molecule has 1 rings (SSSR count). The van der Waals surface area contributed by atoms with Gasteiger partial charge in [0.1, 0.15) is 0 Å². The molecule has 1 fully saturated rings. The molecular weight excluding hydrogens is 212 g/mol. The van der Waals surface area contributed by atoms with E-state index in [1.165, 1.54) is 19.4 Å².